The standard InChI is InChI=1S/C20H24N2O3/c1-20(24,16-6-3-2-4-7-16)15-19(23)21-17-8-5-9-18(14-17)22-10-12-25-13-11-22/h2-9,14,24H,10-13,15H2,1H3,(H,21,23). The lowest BCUT2D eigenvalue weighted by molar-refractivity contribution is -0.120. The average molecular weight is 340 g/mol. The second-order valence-electron chi connectivity index (χ2n) is 6.51. The van der Waals surface area contributed by atoms with Gasteiger partial charge in [-0.05, 0) is 30.7 Å². The molecule has 0 spiro atoms. The van der Waals surface area contributed by atoms with Crippen LogP contribution in [0.2, 0.25) is 0 Å². The zero-order valence-corrected chi connectivity index (χ0v) is 14.4. The summed E-state index contributed by atoms with van der Waals surface area (Å²) in [6, 6.07) is 17.0. The highest BCUT2D eigenvalue weighted by atomic mass is 16.5. The number of carbonyl (C=O) groups excluding carboxylic acids is 1. The Hall–Kier alpha value is -2.37. The summed E-state index contributed by atoms with van der Waals surface area (Å²) in [5, 5.41) is 13.5. The summed E-state index contributed by atoms with van der Waals surface area (Å²) in [5.41, 5.74) is 1.33. The van der Waals surface area contributed by atoms with Crippen molar-refractivity contribution < 1.29 is 14.6 Å². The molecule has 5 heteroatoms. The molecule has 1 aliphatic rings. The number of benzene rings is 2. The van der Waals surface area contributed by atoms with E-state index in [1.54, 1.807) is 6.92 Å². The zero-order valence-electron chi connectivity index (χ0n) is 14.4. The number of hydrogen-bond donors (Lipinski definition) is 2. The monoisotopic (exact) mass is 340 g/mol. The van der Waals surface area contributed by atoms with Gasteiger partial charge in [0.05, 0.1) is 25.2 Å². The van der Waals surface area contributed by atoms with Gasteiger partial charge in [0, 0.05) is 24.5 Å². The number of ether oxygens (including phenoxy) is 1. The molecule has 132 valence electrons. The number of morpholine rings is 1. The van der Waals surface area contributed by atoms with E-state index in [2.05, 4.69) is 10.2 Å². The normalized spacial score (nSPS) is 17.0. The molecule has 3 rings (SSSR count). The molecule has 0 aromatic heterocycles. The summed E-state index contributed by atoms with van der Waals surface area (Å²) in [6.45, 7) is 4.79. The molecule has 0 aliphatic carbocycles. The van der Waals surface area contributed by atoms with Crippen LogP contribution in [0.25, 0.3) is 0 Å². The molecular formula is C20H24N2O3. The van der Waals surface area contributed by atoms with Crippen LogP contribution in [0.3, 0.4) is 0 Å². The van der Waals surface area contributed by atoms with Gasteiger partial charge in [0.15, 0.2) is 0 Å². The number of rotatable bonds is 5. The second-order valence-corrected chi connectivity index (χ2v) is 6.51. The Kier molecular flexibility index (Phi) is 5.36. The van der Waals surface area contributed by atoms with Gasteiger partial charge in [-0.2, -0.15) is 0 Å². The van der Waals surface area contributed by atoms with E-state index in [4.69, 9.17) is 4.74 Å². The van der Waals surface area contributed by atoms with E-state index in [9.17, 15) is 9.90 Å². The highest BCUT2D eigenvalue weighted by Gasteiger charge is 2.26. The number of anilines is 2. The molecule has 1 amide bonds. The van der Waals surface area contributed by atoms with Gasteiger partial charge in [0.25, 0.3) is 0 Å². The van der Waals surface area contributed by atoms with Crippen molar-refractivity contribution in [2.24, 2.45) is 0 Å². The molecule has 1 heterocycles. The van der Waals surface area contributed by atoms with E-state index in [-0.39, 0.29) is 12.3 Å². The predicted molar refractivity (Wildman–Crippen MR) is 98.7 cm³/mol. The maximum absolute atomic E-state index is 12.4. The van der Waals surface area contributed by atoms with Crippen LogP contribution in [0.5, 0.6) is 0 Å². The van der Waals surface area contributed by atoms with Gasteiger partial charge in [-0.25, -0.2) is 0 Å². The van der Waals surface area contributed by atoms with E-state index in [1.807, 2.05) is 54.6 Å². The maximum Gasteiger partial charge on any atom is 0.227 e. The third kappa shape index (κ3) is 4.59. The molecule has 1 fully saturated rings. The zero-order chi connectivity index (χ0) is 17.7. The van der Waals surface area contributed by atoms with E-state index in [1.165, 1.54) is 0 Å². The van der Waals surface area contributed by atoms with Crippen LogP contribution >= 0.6 is 0 Å². The molecule has 1 unspecified atom stereocenters. The lowest BCUT2D eigenvalue weighted by Crippen LogP contribution is -2.36. The van der Waals surface area contributed by atoms with Gasteiger partial charge in [-0.1, -0.05) is 36.4 Å². The minimum atomic E-state index is -1.20. The number of nitrogens with one attached hydrogen (secondary N) is 1. The van der Waals surface area contributed by atoms with E-state index in [0.29, 0.717) is 0 Å². The van der Waals surface area contributed by atoms with Crippen LogP contribution in [-0.4, -0.2) is 37.3 Å². The van der Waals surface area contributed by atoms with Gasteiger partial charge in [-0.3, -0.25) is 4.79 Å². The van der Waals surface area contributed by atoms with Crippen molar-refractivity contribution in [2.45, 2.75) is 18.9 Å². The van der Waals surface area contributed by atoms with Crippen LogP contribution in [0.1, 0.15) is 18.9 Å². The molecule has 25 heavy (non-hydrogen) atoms. The lowest BCUT2D eigenvalue weighted by Gasteiger charge is -2.29. The topological polar surface area (TPSA) is 61.8 Å². The van der Waals surface area contributed by atoms with E-state index >= 15 is 0 Å². The van der Waals surface area contributed by atoms with E-state index < -0.39 is 5.60 Å². The molecule has 0 radical (unpaired) electrons. The Balaban J connectivity index is 1.65. The molecule has 0 bridgehead atoms. The third-order valence-electron chi connectivity index (χ3n) is 4.41. The summed E-state index contributed by atoms with van der Waals surface area (Å²) in [7, 11) is 0. The predicted octanol–water partition coefficient (Wildman–Crippen LogP) is 2.76. The quantitative estimate of drug-likeness (QED) is 0.879. The number of hydrogen-bond acceptors (Lipinski definition) is 4. The summed E-state index contributed by atoms with van der Waals surface area (Å²) in [6.07, 6.45) is -0.00120. The van der Waals surface area contributed by atoms with Crippen LogP contribution in [0.15, 0.2) is 54.6 Å². The van der Waals surface area contributed by atoms with Gasteiger partial charge in [0.1, 0.15) is 0 Å². The van der Waals surface area contributed by atoms with Crippen LogP contribution < -0.4 is 10.2 Å². The molecule has 1 saturated heterocycles. The van der Waals surface area contributed by atoms with Gasteiger partial charge >= 0.3 is 0 Å². The highest BCUT2D eigenvalue weighted by molar-refractivity contribution is 5.92. The SMILES string of the molecule is CC(O)(CC(=O)Nc1cccc(N2CCOCC2)c1)c1ccccc1. The van der Waals surface area contributed by atoms with Gasteiger partial charge in [-0.15, -0.1) is 0 Å². The first-order valence-electron chi connectivity index (χ1n) is 8.55. The Morgan fingerprint density at radius 3 is 2.60 bits per heavy atom. The molecule has 2 N–H and O–H groups in total. The highest BCUT2D eigenvalue weighted by Crippen LogP contribution is 2.25. The number of aliphatic hydroxyl groups is 1. The fraction of sp³-hybridized carbons (Fsp3) is 0.350. The van der Waals surface area contributed by atoms with Crippen molar-refractivity contribution in [1.82, 2.24) is 0 Å². The van der Waals surface area contributed by atoms with Gasteiger partial charge in [0.2, 0.25) is 5.91 Å². The van der Waals surface area contributed by atoms with Crippen molar-refractivity contribution in [1.29, 1.82) is 0 Å². The molecule has 1 aliphatic heterocycles. The molecule has 2 aromatic rings. The molecule has 5 nitrogen and oxygen atoms in total. The minimum Gasteiger partial charge on any atom is -0.385 e. The van der Waals surface area contributed by atoms with Crippen LogP contribution in [0, 0.1) is 0 Å². The van der Waals surface area contributed by atoms with Crippen molar-refractivity contribution in [3.63, 3.8) is 0 Å². The minimum absolute atomic E-state index is 0.00120. The fourth-order valence-corrected chi connectivity index (χ4v) is 3.02. The largest absolute Gasteiger partial charge is 0.385 e. The van der Waals surface area contributed by atoms with Crippen molar-refractivity contribution in [2.75, 3.05) is 36.5 Å². The first-order valence-corrected chi connectivity index (χ1v) is 8.55. The van der Waals surface area contributed by atoms with Crippen molar-refractivity contribution >= 4 is 17.3 Å². The molecule has 2 aromatic carbocycles. The lowest BCUT2D eigenvalue weighted by atomic mass is 9.92. The maximum atomic E-state index is 12.4. The smallest absolute Gasteiger partial charge is 0.227 e. The Morgan fingerprint density at radius 1 is 1.16 bits per heavy atom. The first-order chi connectivity index (χ1) is 12.0. The summed E-state index contributed by atoms with van der Waals surface area (Å²) in [4.78, 5) is 14.6. The number of amides is 1. The Morgan fingerprint density at radius 2 is 1.88 bits per heavy atom. The summed E-state index contributed by atoms with van der Waals surface area (Å²) in [5.74, 6) is -0.215. The Bertz CT molecular complexity index is 710. The van der Waals surface area contributed by atoms with E-state index in [0.717, 1.165) is 43.2 Å². The first kappa shape index (κ1) is 17.5. The fourth-order valence-electron chi connectivity index (χ4n) is 3.02. The number of carbonyl (C=O) groups is 1. The third-order valence-corrected chi connectivity index (χ3v) is 4.41. The van der Waals surface area contributed by atoms with Crippen LogP contribution in [-0.2, 0) is 15.1 Å². The Labute approximate surface area is 148 Å². The summed E-state index contributed by atoms with van der Waals surface area (Å²) < 4.78 is 5.37. The van der Waals surface area contributed by atoms with Crippen molar-refractivity contribution in [3.8, 4) is 0 Å². The summed E-state index contributed by atoms with van der Waals surface area (Å²) >= 11 is 0. The molecular weight excluding hydrogens is 316 g/mol. The average Bonchev–Trinajstić information content (AvgIpc) is 2.63. The molecule has 0 saturated carbocycles. The second kappa shape index (κ2) is 7.68. The van der Waals surface area contributed by atoms with Crippen molar-refractivity contribution in [3.05, 3.63) is 60.2 Å². The van der Waals surface area contributed by atoms with Crippen LogP contribution in [0.4, 0.5) is 11.4 Å². The number of nitrogens with zero attached hydrogens (tertiary/aromatic N) is 1. The van der Waals surface area contributed by atoms with Gasteiger partial charge < -0.3 is 20.1 Å². The molecule has 1 atom stereocenters.